The van der Waals surface area contributed by atoms with E-state index in [0.717, 1.165) is 33.9 Å². The Labute approximate surface area is 119 Å². The third-order valence-electron chi connectivity index (χ3n) is 2.51. The molecule has 5 heteroatoms. The maximum Gasteiger partial charge on any atom is 0.124 e. The number of ether oxygens (including phenoxy) is 1. The molecule has 1 aromatic heterocycles. The molecule has 0 aliphatic heterocycles. The second-order valence-corrected chi connectivity index (χ2v) is 5.73. The van der Waals surface area contributed by atoms with Gasteiger partial charge < -0.3 is 10.1 Å². The fourth-order valence-electron chi connectivity index (χ4n) is 1.56. The van der Waals surface area contributed by atoms with Crippen LogP contribution in [0.1, 0.15) is 11.8 Å². The van der Waals surface area contributed by atoms with Gasteiger partial charge in [0.15, 0.2) is 0 Å². The predicted molar refractivity (Wildman–Crippen MR) is 79.2 cm³/mol. The Hall–Kier alpha value is -0.910. The molecule has 3 nitrogen and oxygen atoms in total. The maximum absolute atomic E-state index is 5.19. The van der Waals surface area contributed by atoms with E-state index in [1.54, 1.807) is 18.4 Å². The van der Waals surface area contributed by atoms with Crippen molar-refractivity contribution in [2.45, 2.75) is 13.5 Å². The number of hydrogen-bond acceptors (Lipinski definition) is 4. The summed E-state index contributed by atoms with van der Waals surface area (Å²) in [5.41, 5.74) is 1.10. The van der Waals surface area contributed by atoms with Gasteiger partial charge in [-0.2, -0.15) is 0 Å². The van der Waals surface area contributed by atoms with E-state index < -0.39 is 0 Å². The molecule has 0 atom stereocenters. The van der Waals surface area contributed by atoms with Crippen LogP contribution in [-0.4, -0.2) is 18.6 Å². The second-order valence-electron chi connectivity index (χ2n) is 3.76. The Morgan fingerprint density at radius 3 is 2.94 bits per heavy atom. The number of methoxy groups -OCH3 is 1. The summed E-state index contributed by atoms with van der Waals surface area (Å²) >= 11 is 5.27. The summed E-state index contributed by atoms with van der Waals surface area (Å²) in [5, 5.41) is 4.33. The highest BCUT2D eigenvalue weighted by Gasteiger charge is 2.09. The summed E-state index contributed by atoms with van der Waals surface area (Å²) in [6.07, 6.45) is 1.93. The SMILES string of the molecule is CCNCc1cnc(-c2ccc(OC)cc2Br)s1. The Kier molecular flexibility index (Phi) is 4.74. The lowest BCUT2D eigenvalue weighted by molar-refractivity contribution is 0.414. The smallest absolute Gasteiger partial charge is 0.124 e. The fraction of sp³-hybridized carbons (Fsp3) is 0.308. The molecule has 0 bridgehead atoms. The van der Waals surface area contributed by atoms with E-state index in [1.807, 2.05) is 24.4 Å². The van der Waals surface area contributed by atoms with Crippen LogP contribution in [0.4, 0.5) is 0 Å². The molecular formula is C13H15BrN2OS. The molecule has 18 heavy (non-hydrogen) atoms. The minimum atomic E-state index is 0.843. The van der Waals surface area contributed by atoms with Crippen molar-refractivity contribution in [3.05, 3.63) is 33.7 Å². The fourth-order valence-corrected chi connectivity index (χ4v) is 3.16. The Morgan fingerprint density at radius 2 is 2.28 bits per heavy atom. The topological polar surface area (TPSA) is 34.2 Å². The average Bonchev–Trinajstić information content (AvgIpc) is 2.84. The normalized spacial score (nSPS) is 10.6. The summed E-state index contributed by atoms with van der Waals surface area (Å²) < 4.78 is 6.19. The van der Waals surface area contributed by atoms with Crippen molar-refractivity contribution in [1.82, 2.24) is 10.3 Å². The standard InChI is InChI=1S/C13H15BrN2OS/c1-3-15-7-10-8-16-13(18-10)11-5-4-9(17-2)6-12(11)14/h4-6,8,15H,3,7H2,1-2H3. The summed E-state index contributed by atoms with van der Waals surface area (Å²) in [6.45, 7) is 3.95. The van der Waals surface area contributed by atoms with Gasteiger partial charge in [0.25, 0.3) is 0 Å². The van der Waals surface area contributed by atoms with E-state index in [2.05, 4.69) is 33.2 Å². The van der Waals surface area contributed by atoms with Crippen LogP contribution in [0, 0.1) is 0 Å². The van der Waals surface area contributed by atoms with Crippen LogP contribution in [0.25, 0.3) is 10.6 Å². The van der Waals surface area contributed by atoms with Crippen LogP contribution in [0.3, 0.4) is 0 Å². The van der Waals surface area contributed by atoms with Crippen molar-refractivity contribution in [2.75, 3.05) is 13.7 Å². The van der Waals surface area contributed by atoms with Crippen molar-refractivity contribution in [2.24, 2.45) is 0 Å². The summed E-state index contributed by atoms with van der Waals surface area (Å²) in [5.74, 6) is 0.843. The van der Waals surface area contributed by atoms with Crippen LogP contribution in [0.2, 0.25) is 0 Å². The van der Waals surface area contributed by atoms with Gasteiger partial charge in [0.2, 0.25) is 0 Å². The molecule has 1 heterocycles. The zero-order valence-electron chi connectivity index (χ0n) is 10.4. The van der Waals surface area contributed by atoms with E-state index in [0.29, 0.717) is 0 Å². The van der Waals surface area contributed by atoms with E-state index in [4.69, 9.17) is 4.74 Å². The van der Waals surface area contributed by atoms with Crippen LogP contribution < -0.4 is 10.1 Å². The lowest BCUT2D eigenvalue weighted by Gasteiger charge is -2.04. The van der Waals surface area contributed by atoms with Gasteiger partial charge in [0.1, 0.15) is 10.8 Å². The molecule has 0 radical (unpaired) electrons. The lowest BCUT2D eigenvalue weighted by atomic mass is 10.2. The molecule has 1 aromatic carbocycles. The monoisotopic (exact) mass is 326 g/mol. The van der Waals surface area contributed by atoms with Gasteiger partial charge in [-0.25, -0.2) is 4.98 Å². The van der Waals surface area contributed by atoms with Crippen molar-refractivity contribution in [1.29, 1.82) is 0 Å². The van der Waals surface area contributed by atoms with Gasteiger partial charge in [0, 0.05) is 27.7 Å². The van der Waals surface area contributed by atoms with Crippen molar-refractivity contribution in [3.8, 4) is 16.3 Å². The molecule has 0 fully saturated rings. The largest absolute Gasteiger partial charge is 0.497 e. The first-order valence-electron chi connectivity index (χ1n) is 5.74. The van der Waals surface area contributed by atoms with Crippen LogP contribution >= 0.6 is 27.3 Å². The minimum Gasteiger partial charge on any atom is -0.497 e. The first kappa shape index (κ1) is 13.5. The van der Waals surface area contributed by atoms with Gasteiger partial charge in [-0.1, -0.05) is 6.92 Å². The Morgan fingerprint density at radius 1 is 1.44 bits per heavy atom. The number of rotatable bonds is 5. The van der Waals surface area contributed by atoms with Gasteiger partial charge in [-0.3, -0.25) is 0 Å². The lowest BCUT2D eigenvalue weighted by Crippen LogP contribution is -2.10. The molecule has 2 rings (SSSR count). The third kappa shape index (κ3) is 3.10. The van der Waals surface area contributed by atoms with Crippen molar-refractivity contribution < 1.29 is 4.74 Å². The summed E-state index contributed by atoms with van der Waals surface area (Å²) in [4.78, 5) is 5.71. The van der Waals surface area contributed by atoms with Gasteiger partial charge in [0.05, 0.1) is 7.11 Å². The molecule has 0 saturated carbocycles. The molecule has 96 valence electrons. The Bertz CT molecular complexity index is 527. The molecular weight excluding hydrogens is 312 g/mol. The van der Waals surface area contributed by atoms with E-state index in [1.165, 1.54) is 4.88 Å². The number of hydrogen-bond donors (Lipinski definition) is 1. The average molecular weight is 327 g/mol. The van der Waals surface area contributed by atoms with E-state index in [9.17, 15) is 0 Å². The highest BCUT2D eigenvalue weighted by Crippen LogP contribution is 2.33. The first-order chi connectivity index (χ1) is 8.74. The second kappa shape index (κ2) is 6.31. The highest BCUT2D eigenvalue weighted by atomic mass is 79.9. The number of thiazole rings is 1. The number of nitrogens with zero attached hydrogens (tertiary/aromatic N) is 1. The molecule has 0 saturated heterocycles. The molecule has 0 aliphatic carbocycles. The van der Waals surface area contributed by atoms with Gasteiger partial charge in [-0.15, -0.1) is 11.3 Å². The predicted octanol–water partition coefficient (Wildman–Crippen LogP) is 3.69. The van der Waals surface area contributed by atoms with Crippen LogP contribution in [0.5, 0.6) is 5.75 Å². The van der Waals surface area contributed by atoms with Crippen molar-refractivity contribution >= 4 is 27.3 Å². The zero-order valence-corrected chi connectivity index (χ0v) is 12.8. The van der Waals surface area contributed by atoms with Crippen molar-refractivity contribution in [3.63, 3.8) is 0 Å². The molecule has 0 amide bonds. The quantitative estimate of drug-likeness (QED) is 0.909. The minimum absolute atomic E-state index is 0.843. The summed E-state index contributed by atoms with van der Waals surface area (Å²) in [6, 6.07) is 5.94. The molecule has 0 spiro atoms. The van der Waals surface area contributed by atoms with E-state index in [-0.39, 0.29) is 0 Å². The first-order valence-corrected chi connectivity index (χ1v) is 7.35. The number of halogens is 1. The van der Waals surface area contributed by atoms with Gasteiger partial charge in [-0.05, 0) is 40.7 Å². The number of benzene rings is 1. The molecule has 0 unspecified atom stereocenters. The summed E-state index contributed by atoms with van der Waals surface area (Å²) in [7, 11) is 1.67. The van der Waals surface area contributed by atoms with Crippen LogP contribution in [-0.2, 0) is 6.54 Å². The zero-order chi connectivity index (χ0) is 13.0. The maximum atomic E-state index is 5.19. The highest BCUT2D eigenvalue weighted by molar-refractivity contribution is 9.10. The van der Waals surface area contributed by atoms with E-state index >= 15 is 0 Å². The molecule has 2 aromatic rings. The molecule has 0 aliphatic rings. The third-order valence-corrected chi connectivity index (χ3v) is 4.20. The van der Waals surface area contributed by atoms with Crippen LogP contribution in [0.15, 0.2) is 28.9 Å². The van der Waals surface area contributed by atoms with Gasteiger partial charge >= 0.3 is 0 Å². The Balaban J connectivity index is 2.23. The molecule has 1 N–H and O–H groups in total. The number of aromatic nitrogens is 1. The number of nitrogens with one attached hydrogen (secondary N) is 1.